The van der Waals surface area contributed by atoms with E-state index in [-0.39, 0.29) is 17.3 Å². The van der Waals surface area contributed by atoms with Crippen molar-refractivity contribution in [3.05, 3.63) is 35.4 Å². The van der Waals surface area contributed by atoms with Crippen molar-refractivity contribution in [1.82, 2.24) is 10.1 Å². The monoisotopic (exact) mass is 315 g/mol. The van der Waals surface area contributed by atoms with Gasteiger partial charge in [-0.05, 0) is 25.0 Å². The molecule has 0 saturated heterocycles. The first-order valence-electron chi connectivity index (χ1n) is 6.80. The molecule has 8 heteroatoms. The third-order valence-electron chi connectivity index (χ3n) is 3.90. The van der Waals surface area contributed by atoms with Gasteiger partial charge in [-0.3, -0.25) is 0 Å². The normalized spacial score (nSPS) is 17.9. The summed E-state index contributed by atoms with van der Waals surface area (Å²) in [6, 6.07) is 2.93. The van der Waals surface area contributed by atoms with E-state index in [1.807, 2.05) is 0 Å². The Bertz CT molecular complexity index is 690. The number of benzene rings is 1. The minimum Gasteiger partial charge on any atom is -0.334 e. The van der Waals surface area contributed by atoms with E-state index in [0.29, 0.717) is 18.9 Å². The maximum absolute atomic E-state index is 14.1. The Balaban J connectivity index is 2.01. The van der Waals surface area contributed by atoms with Crippen LogP contribution >= 0.6 is 0 Å². The standard InChI is InChI=1S/C14H13F4N3O/c15-10-8(4-3-5-9(10)14(16,17)18)11-20-12(21-22-11)13(19)6-1-2-7-13/h3-5H,1-2,6-7,19H2. The van der Waals surface area contributed by atoms with Gasteiger partial charge >= 0.3 is 6.18 Å². The molecule has 1 aliphatic carbocycles. The molecule has 1 heterocycles. The first-order valence-corrected chi connectivity index (χ1v) is 6.80. The molecule has 0 aliphatic heterocycles. The Hall–Kier alpha value is -1.96. The van der Waals surface area contributed by atoms with E-state index >= 15 is 0 Å². The molecule has 2 N–H and O–H groups in total. The van der Waals surface area contributed by atoms with Crippen LogP contribution in [0.5, 0.6) is 0 Å². The van der Waals surface area contributed by atoms with Gasteiger partial charge in [0.2, 0.25) is 0 Å². The molecule has 1 aromatic carbocycles. The predicted molar refractivity (Wildman–Crippen MR) is 69.0 cm³/mol. The quantitative estimate of drug-likeness (QED) is 0.860. The predicted octanol–water partition coefficient (Wildman–Crippen LogP) is 3.62. The first-order chi connectivity index (χ1) is 10.3. The van der Waals surface area contributed by atoms with E-state index in [0.717, 1.165) is 18.9 Å². The highest BCUT2D eigenvalue weighted by Gasteiger charge is 2.38. The van der Waals surface area contributed by atoms with Gasteiger partial charge in [0.1, 0.15) is 5.82 Å². The van der Waals surface area contributed by atoms with Crippen molar-refractivity contribution in [2.75, 3.05) is 0 Å². The maximum Gasteiger partial charge on any atom is 0.419 e. The largest absolute Gasteiger partial charge is 0.419 e. The number of nitrogens with two attached hydrogens (primary N) is 1. The van der Waals surface area contributed by atoms with Crippen LogP contribution in [0.4, 0.5) is 17.6 Å². The fourth-order valence-corrected chi connectivity index (χ4v) is 2.68. The Morgan fingerprint density at radius 2 is 1.86 bits per heavy atom. The van der Waals surface area contributed by atoms with Gasteiger partial charge in [-0.15, -0.1) is 0 Å². The molecule has 0 radical (unpaired) electrons. The summed E-state index contributed by atoms with van der Waals surface area (Å²) in [5, 5.41) is 3.72. The highest BCUT2D eigenvalue weighted by atomic mass is 19.4. The minimum atomic E-state index is -4.79. The molecule has 118 valence electrons. The van der Waals surface area contributed by atoms with Crippen molar-refractivity contribution >= 4 is 0 Å². The van der Waals surface area contributed by atoms with Crippen molar-refractivity contribution in [2.45, 2.75) is 37.4 Å². The average molecular weight is 315 g/mol. The molecule has 1 fully saturated rings. The van der Waals surface area contributed by atoms with Crippen molar-refractivity contribution in [1.29, 1.82) is 0 Å². The van der Waals surface area contributed by atoms with Crippen LogP contribution in [-0.4, -0.2) is 10.1 Å². The Morgan fingerprint density at radius 1 is 1.18 bits per heavy atom. The maximum atomic E-state index is 14.1. The van der Waals surface area contributed by atoms with Gasteiger partial charge < -0.3 is 10.3 Å². The van der Waals surface area contributed by atoms with E-state index < -0.39 is 23.1 Å². The summed E-state index contributed by atoms with van der Waals surface area (Å²) in [6.07, 6.45) is -1.63. The number of halogens is 4. The van der Waals surface area contributed by atoms with E-state index in [2.05, 4.69) is 10.1 Å². The fraction of sp³-hybridized carbons (Fsp3) is 0.429. The summed E-state index contributed by atoms with van der Waals surface area (Å²) in [6.45, 7) is 0. The molecule has 1 saturated carbocycles. The number of aromatic nitrogens is 2. The number of hydrogen-bond acceptors (Lipinski definition) is 4. The zero-order chi connectivity index (χ0) is 16.0. The lowest BCUT2D eigenvalue weighted by atomic mass is 9.98. The number of hydrogen-bond donors (Lipinski definition) is 1. The molecule has 2 aromatic rings. The molecule has 3 rings (SSSR count). The molecule has 0 atom stereocenters. The Morgan fingerprint density at radius 3 is 2.50 bits per heavy atom. The van der Waals surface area contributed by atoms with Gasteiger partial charge in [0.25, 0.3) is 5.89 Å². The molecule has 0 bridgehead atoms. The zero-order valence-corrected chi connectivity index (χ0v) is 11.5. The second-order valence-corrected chi connectivity index (χ2v) is 5.45. The summed E-state index contributed by atoms with van der Waals surface area (Å²) in [5.74, 6) is -1.52. The highest BCUT2D eigenvalue weighted by molar-refractivity contribution is 5.56. The summed E-state index contributed by atoms with van der Waals surface area (Å²) in [5.41, 5.74) is 3.65. The third-order valence-corrected chi connectivity index (χ3v) is 3.90. The van der Waals surface area contributed by atoms with Crippen molar-refractivity contribution in [3.8, 4) is 11.5 Å². The lowest BCUT2D eigenvalue weighted by Gasteiger charge is -2.17. The molecule has 4 nitrogen and oxygen atoms in total. The zero-order valence-electron chi connectivity index (χ0n) is 11.5. The highest BCUT2D eigenvalue weighted by Crippen LogP contribution is 2.37. The van der Waals surface area contributed by atoms with Gasteiger partial charge in [-0.1, -0.05) is 24.1 Å². The SMILES string of the molecule is NC1(c2noc(-c3cccc(C(F)(F)F)c3F)n2)CCCC1. The molecule has 0 amide bonds. The van der Waals surface area contributed by atoms with Gasteiger partial charge in [0.15, 0.2) is 5.82 Å². The van der Waals surface area contributed by atoms with Crippen molar-refractivity contribution in [3.63, 3.8) is 0 Å². The van der Waals surface area contributed by atoms with Crippen LogP contribution in [0.3, 0.4) is 0 Å². The lowest BCUT2D eigenvalue weighted by molar-refractivity contribution is -0.139. The van der Waals surface area contributed by atoms with Crippen LogP contribution in [0.25, 0.3) is 11.5 Å². The molecule has 1 aliphatic rings. The Kier molecular flexibility index (Phi) is 3.43. The number of rotatable bonds is 2. The van der Waals surface area contributed by atoms with Crippen LogP contribution in [-0.2, 0) is 11.7 Å². The molecule has 0 unspecified atom stereocenters. The van der Waals surface area contributed by atoms with E-state index in [4.69, 9.17) is 10.3 Å². The van der Waals surface area contributed by atoms with Crippen LogP contribution in [0.1, 0.15) is 37.1 Å². The van der Waals surface area contributed by atoms with E-state index in [9.17, 15) is 17.6 Å². The molecular formula is C14H13F4N3O. The van der Waals surface area contributed by atoms with Gasteiger partial charge in [-0.2, -0.15) is 18.2 Å². The smallest absolute Gasteiger partial charge is 0.334 e. The average Bonchev–Trinajstić information content (AvgIpc) is 3.07. The van der Waals surface area contributed by atoms with Crippen molar-refractivity contribution < 1.29 is 22.1 Å². The summed E-state index contributed by atoms with van der Waals surface area (Å²) < 4.78 is 57.2. The number of nitrogens with zero attached hydrogens (tertiary/aromatic N) is 2. The molecule has 0 spiro atoms. The third kappa shape index (κ3) is 2.47. The second kappa shape index (κ2) is 5.05. The van der Waals surface area contributed by atoms with Crippen LogP contribution in [0.2, 0.25) is 0 Å². The number of alkyl halides is 3. The summed E-state index contributed by atoms with van der Waals surface area (Å²) >= 11 is 0. The molecule has 1 aromatic heterocycles. The summed E-state index contributed by atoms with van der Waals surface area (Å²) in [4.78, 5) is 4.01. The first kappa shape index (κ1) is 15.0. The van der Waals surface area contributed by atoms with E-state index in [1.54, 1.807) is 0 Å². The minimum absolute atomic E-state index is 0.205. The van der Waals surface area contributed by atoms with Gasteiger partial charge in [0, 0.05) is 0 Å². The molecule has 22 heavy (non-hydrogen) atoms. The van der Waals surface area contributed by atoms with Gasteiger partial charge in [0.05, 0.1) is 16.7 Å². The topological polar surface area (TPSA) is 64.9 Å². The van der Waals surface area contributed by atoms with Crippen molar-refractivity contribution in [2.24, 2.45) is 5.73 Å². The van der Waals surface area contributed by atoms with Crippen LogP contribution in [0, 0.1) is 5.82 Å². The summed E-state index contributed by atoms with van der Waals surface area (Å²) in [7, 11) is 0. The van der Waals surface area contributed by atoms with Gasteiger partial charge in [-0.25, -0.2) is 4.39 Å². The van der Waals surface area contributed by atoms with E-state index in [1.165, 1.54) is 6.07 Å². The lowest BCUT2D eigenvalue weighted by Crippen LogP contribution is -2.34. The van der Waals surface area contributed by atoms with Crippen LogP contribution in [0.15, 0.2) is 22.7 Å². The van der Waals surface area contributed by atoms with Crippen LogP contribution < -0.4 is 5.73 Å². The Labute approximate surface area is 123 Å². The molecular weight excluding hydrogens is 302 g/mol. The second-order valence-electron chi connectivity index (χ2n) is 5.45. The fourth-order valence-electron chi connectivity index (χ4n) is 2.68.